The van der Waals surface area contributed by atoms with Crippen molar-refractivity contribution in [1.29, 1.82) is 0 Å². The predicted octanol–water partition coefficient (Wildman–Crippen LogP) is 2.30. The van der Waals surface area contributed by atoms with E-state index in [1.807, 2.05) is 19.1 Å². The summed E-state index contributed by atoms with van der Waals surface area (Å²) in [5.74, 6) is 2.60. The van der Waals surface area contributed by atoms with Gasteiger partial charge in [0.2, 0.25) is 0 Å². The van der Waals surface area contributed by atoms with Crippen LogP contribution in [0.2, 0.25) is 0 Å². The van der Waals surface area contributed by atoms with E-state index in [1.165, 1.54) is 12.8 Å². The van der Waals surface area contributed by atoms with Crippen LogP contribution in [0.4, 0.5) is 5.82 Å². The minimum absolute atomic E-state index is 0.298. The fourth-order valence-corrected chi connectivity index (χ4v) is 2.65. The summed E-state index contributed by atoms with van der Waals surface area (Å²) in [5, 5.41) is 12.7. The van der Waals surface area contributed by atoms with Crippen LogP contribution in [-0.2, 0) is 0 Å². The maximum absolute atomic E-state index is 9.30. The average molecular weight is 250 g/mol. The zero-order chi connectivity index (χ0) is 12.8. The highest BCUT2D eigenvalue weighted by Crippen LogP contribution is 2.32. The molecule has 0 saturated heterocycles. The van der Waals surface area contributed by atoms with Crippen molar-refractivity contribution in [3.05, 3.63) is 18.3 Å². The van der Waals surface area contributed by atoms with Crippen LogP contribution in [0.1, 0.15) is 26.2 Å². The van der Waals surface area contributed by atoms with E-state index in [0.717, 1.165) is 24.5 Å². The number of nitrogens with zero attached hydrogens (tertiary/aromatic N) is 1. The van der Waals surface area contributed by atoms with Crippen molar-refractivity contribution in [2.75, 3.05) is 25.1 Å². The van der Waals surface area contributed by atoms with Crippen LogP contribution in [-0.4, -0.2) is 29.8 Å². The van der Waals surface area contributed by atoms with Gasteiger partial charge in [-0.25, -0.2) is 4.98 Å². The first-order chi connectivity index (χ1) is 8.85. The van der Waals surface area contributed by atoms with Gasteiger partial charge in [-0.2, -0.15) is 0 Å². The molecule has 1 saturated carbocycles. The van der Waals surface area contributed by atoms with Gasteiger partial charge < -0.3 is 15.2 Å². The molecule has 4 nitrogen and oxygen atoms in total. The van der Waals surface area contributed by atoms with Crippen LogP contribution in [0.15, 0.2) is 18.3 Å². The third-order valence-corrected chi connectivity index (χ3v) is 3.65. The van der Waals surface area contributed by atoms with Crippen molar-refractivity contribution < 1.29 is 9.84 Å². The lowest BCUT2D eigenvalue weighted by atomic mass is 9.97. The molecule has 2 atom stereocenters. The van der Waals surface area contributed by atoms with Gasteiger partial charge in [0, 0.05) is 19.3 Å². The largest absolute Gasteiger partial charge is 0.490 e. The molecule has 1 heterocycles. The number of ether oxygens (including phenoxy) is 1. The molecule has 0 bridgehead atoms. The second-order valence-corrected chi connectivity index (χ2v) is 4.80. The molecular weight excluding hydrogens is 228 g/mol. The van der Waals surface area contributed by atoms with Crippen LogP contribution in [0.25, 0.3) is 0 Å². The summed E-state index contributed by atoms with van der Waals surface area (Å²) < 4.78 is 5.53. The Morgan fingerprint density at radius 2 is 2.28 bits per heavy atom. The summed E-state index contributed by atoms with van der Waals surface area (Å²) in [6.07, 6.45) is 5.32. The highest BCUT2D eigenvalue weighted by molar-refractivity contribution is 5.49. The Bertz CT molecular complexity index is 371. The van der Waals surface area contributed by atoms with Gasteiger partial charge in [0.25, 0.3) is 0 Å². The lowest BCUT2D eigenvalue weighted by Gasteiger charge is -2.19. The van der Waals surface area contributed by atoms with Crippen LogP contribution in [0.5, 0.6) is 5.75 Å². The van der Waals surface area contributed by atoms with Gasteiger partial charge in [-0.15, -0.1) is 0 Å². The molecule has 18 heavy (non-hydrogen) atoms. The third-order valence-electron chi connectivity index (χ3n) is 3.65. The number of rotatable bonds is 6. The molecular formula is C14H22N2O2. The Morgan fingerprint density at radius 1 is 1.44 bits per heavy atom. The smallest absolute Gasteiger partial charge is 0.168 e. The van der Waals surface area contributed by atoms with Gasteiger partial charge in [-0.05, 0) is 43.7 Å². The van der Waals surface area contributed by atoms with Crippen molar-refractivity contribution in [3.8, 4) is 5.75 Å². The molecule has 0 spiro atoms. The molecule has 1 aliphatic carbocycles. The standard InChI is InChI=1S/C14H22N2O2/c1-2-18-13-7-4-8-15-14(13)16-9-11-5-3-6-12(11)10-17/h4,7-8,11-12,17H,2-3,5-6,9-10H2,1H3,(H,15,16). The average Bonchev–Trinajstić information content (AvgIpc) is 2.85. The van der Waals surface area contributed by atoms with Gasteiger partial charge in [0.1, 0.15) is 0 Å². The zero-order valence-corrected chi connectivity index (χ0v) is 10.9. The van der Waals surface area contributed by atoms with Crippen LogP contribution < -0.4 is 10.1 Å². The lowest BCUT2D eigenvalue weighted by molar-refractivity contribution is 0.198. The molecule has 4 heteroatoms. The van der Waals surface area contributed by atoms with Crippen molar-refractivity contribution in [3.63, 3.8) is 0 Å². The summed E-state index contributed by atoms with van der Waals surface area (Å²) >= 11 is 0. The van der Waals surface area contributed by atoms with Crippen molar-refractivity contribution in [1.82, 2.24) is 4.98 Å². The Morgan fingerprint density at radius 3 is 3.06 bits per heavy atom. The van der Waals surface area contributed by atoms with Crippen molar-refractivity contribution in [2.45, 2.75) is 26.2 Å². The summed E-state index contributed by atoms with van der Waals surface area (Å²) in [6.45, 7) is 3.77. The normalized spacial score (nSPS) is 23.0. The number of aromatic nitrogens is 1. The second kappa shape index (κ2) is 6.59. The molecule has 0 radical (unpaired) electrons. The molecule has 0 aromatic carbocycles. The number of anilines is 1. The van der Waals surface area contributed by atoms with E-state index in [2.05, 4.69) is 10.3 Å². The van der Waals surface area contributed by atoms with Crippen LogP contribution in [0.3, 0.4) is 0 Å². The molecule has 2 rings (SSSR count). The van der Waals surface area contributed by atoms with Gasteiger partial charge >= 0.3 is 0 Å². The van der Waals surface area contributed by atoms with Crippen molar-refractivity contribution in [2.24, 2.45) is 11.8 Å². The van der Waals surface area contributed by atoms with Gasteiger partial charge in [-0.1, -0.05) is 6.42 Å². The Hall–Kier alpha value is -1.29. The van der Waals surface area contributed by atoms with E-state index >= 15 is 0 Å². The van der Waals surface area contributed by atoms with E-state index in [9.17, 15) is 5.11 Å². The van der Waals surface area contributed by atoms with Crippen LogP contribution in [0, 0.1) is 11.8 Å². The molecule has 2 N–H and O–H groups in total. The first-order valence-electron chi connectivity index (χ1n) is 6.77. The summed E-state index contributed by atoms with van der Waals surface area (Å²) in [6, 6.07) is 3.80. The highest BCUT2D eigenvalue weighted by Gasteiger charge is 2.26. The molecule has 0 aliphatic heterocycles. The fourth-order valence-electron chi connectivity index (χ4n) is 2.65. The molecule has 1 aliphatic rings. The minimum Gasteiger partial charge on any atom is -0.490 e. The van der Waals surface area contributed by atoms with E-state index in [-0.39, 0.29) is 0 Å². The Kier molecular flexibility index (Phi) is 4.81. The van der Waals surface area contributed by atoms with Gasteiger partial charge in [0.05, 0.1) is 6.61 Å². The molecule has 2 unspecified atom stereocenters. The maximum Gasteiger partial charge on any atom is 0.168 e. The highest BCUT2D eigenvalue weighted by atomic mass is 16.5. The van der Waals surface area contributed by atoms with E-state index in [0.29, 0.717) is 25.0 Å². The minimum atomic E-state index is 0.298. The summed E-state index contributed by atoms with van der Waals surface area (Å²) in [4.78, 5) is 4.31. The number of hydrogen-bond acceptors (Lipinski definition) is 4. The van der Waals surface area contributed by atoms with E-state index in [1.54, 1.807) is 6.20 Å². The van der Waals surface area contributed by atoms with E-state index in [4.69, 9.17) is 4.74 Å². The fraction of sp³-hybridized carbons (Fsp3) is 0.643. The summed E-state index contributed by atoms with van der Waals surface area (Å²) in [7, 11) is 0. The molecule has 1 aromatic heterocycles. The molecule has 1 aromatic rings. The molecule has 1 fully saturated rings. The van der Waals surface area contributed by atoms with Gasteiger partial charge in [-0.3, -0.25) is 0 Å². The SMILES string of the molecule is CCOc1cccnc1NCC1CCCC1CO. The Labute approximate surface area is 108 Å². The number of nitrogens with one attached hydrogen (secondary N) is 1. The quantitative estimate of drug-likeness (QED) is 0.813. The lowest BCUT2D eigenvalue weighted by Crippen LogP contribution is -2.21. The van der Waals surface area contributed by atoms with E-state index < -0.39 is 0 Å². The summed E-state index contributed by atoms with van der Waals surface area (Å²) in [5.41, 5.74) is 0. The van der Waals surface area contributed by atoms with Crippen molar-refractivity contribution >= 4 is 5.82 Å². The topological polar surface area (TPSA) is 54.4 Å². The maximum atomic E-state index is 9.30. The number of aliphatic hydroxyl groups is 1. The Balaban J connectivity index is 1.93. The monoisotopic (exact) mass is 250 g/mol. The third kappa shape index (κ3) is 3.13. The first-order valence-corrected chi connectivity index (χ1v) is 6.77. The first kappa shape index (κ1) is 13.1. The zero-order valence-electron chi connectivity index (χ0n) is 10.9. The number of aliphatic hydroxyl groups excluding tert-OH is 1. The number of hydrogen-bond donors (Lipinski definition) is 2. The number of pyridine rings is 1. The van der Waals surface area contributed by atoms with Crippen LogP contribution >= 0.6 is 0 Å². The van der Waals surface area contributed by atoms with Gasteiger partial charge in [0.15, 0.2) is 11.6 Å². The molecule has 100 valence electrons. The predicted molar refractivity (Wildman–Crippen MR) is 71.8 cm³/mol. The second-order valence-electron chi connectivity index (χ2n) is 4.80. The molecule has 0 amide bonds.